The molecule has 0 aromatic heterocycles. The van der Waals surface area contributed by atoms with E-state index in [1.807, 2.05) is 0 Å². The molecule has 1 atom stereocenters. The summed E-state index contributed by atoms with van der Waals surface area (Å²) < 4.78 is 0. The average Bonchev–Trinajstić information content (AvgIpc) is 1.89. The maximum absolute atomic E-state index is 3.40. The Balaban J connectivity index is 0. The van der Waals surface area contributed by atoms with Crippen LogP contribution in [0.1, 0.15) is 46.5 Å². The van der Waals surface area contributed by atoms with E-state index in [2.05, 4.69) is 26.1 Å². The minimum Gasteiger partial charge on any atom is -0.315 e. The van der Waals surface area contributed by atoms with Crippen LogP contribution < -0.4 is 5.32 Å². The molecular weight excluding hydrogens is 158 g/mol. The molecule has 0 radical (unpaired) electrons. The SMILES string of the molecule is CCCCCC(C)NCC.Cl. The van der Waals surface area contributed by atoms with Crippen molar-refractivity contribution in [3.63, 3.8) is 0 Å². The molecule has 0 saturated carbocycles. The van der Waals surface area contributed by atoms with E-state index in [1.165, 1.54) is 25.7 Å². The minimum atomic E-state index is 0. The van der Waals surface area contributed by atoms with Crippen molar-refractivity contribution in [2.45, 2.75) is 52.5 Å². The summed E-state index contributed by atoms with van der Waals surface area (Å²) in [7, 11) is 0. The summed E-state index contributed by atoms with van der Waals surface area (Å²) >= 11 is 0. The van der Waals surface area contributed by atoms with Gasteiger partial charge in [0.15, 0.2) is 0 Å². The molecule has 0 aliphatic carbocycles. The van der Waals surface area contributed by atoms with Gasteiger partial charge in [0, 0.05) is 6.04 Å². The zero-order valence-corrected chi connectivity index (χ0v) is 8.84. The quantitative estimate of drug-likeness (QED) is 0.619. The standard InChI is InChI=1S/C9H21N.ClH/c1-4-6-7-8-9(3)10-5-2;/h9-10H,4-8H2,1-3H3;1H. The largest absolute Gasteiger partial charge is 0.315 e. The van der Waals surface area contributed by atoms with Crippen molar-refractivity contribution < 1.29 is 0 Å². The van der Waals surface area contributed by atoms with Crippen molar-refractivity contribution in [2.24, 2.45) is 0 Å². The summed E-state index contributed by atoms with van der Waals surface area (Å²) in [5.41, 5.74) is 0. The lowest BCUT2D eigenvalue weighted by molar-refractivity contribution is 0.500. The van der Waals surface area contributed by atoms with Gasteiger partial charge in [0.25, 0.3) is 0 Å². The first-order valence-electron chi connectivity index (χ1n) is 4.54. The Morgan fingerprint density at radius 3 is 2.27 bits per heavy atom. The predicted octanol–water partition coefficient (Wildman–Crippen LogP) is 2.99. The fourth-order valence-corrected chi connectivity index (χ4v) is 1.15. The van der Waals surface area contributed by atoms with Crippen LogP contribution in [0.4, 0.5) is 0 Å². The molecule has 0 aliphatic heterocycles. The van der Waals surface area contributed by atoms with E-state index < -0.39 is 0 Å². The van der Waals surface area contributed by atoms with E-state index in [4.69, 9.17) is 0 Å². The summed E-state index contributed by atoms with van der Waals surface area (Å²) in [6.07, 6.45) is 5.43. The second-order valence-electron chi connectivity index (χ2n) is 2.95. The highest BCUT2D eigenvalue weighted by Crippen LogP contribution is 2.01. The van der Waals surface area contributed by atoms with Crippen LogP contribution in [0.2, 0.25) is 0 Å². The Labute approximate surface area is 77.4 Å². The number of nitrogens with one attached hydrogen (secondary N) is 1. The van der Waals surface area contributed by atoms with Crippen molar-refractivity contribution in [3.8, 4) is 0 Å². The van der Waals surface area contributed by atoms with Gasteiger partial charge in [-0.05, 0) is 19.9 Å². The first-order valence-corrected chi connectivity index (χ1v) is 4.54. The molecule has 2 heteroatoms. The Morgan fingerprint density at radius 2 is 1.82 bits per heavy atom. The van der Waals surface area contributed by atoms with E-state index in [-0.39, 0.29) is 12.4 Å². The Hall–Kier alpha value is 0.250. The summed E-state index contributed by atoms with van der Waals surface area (Å²) in [4.78, 5) is 0. The fourth-order valence-electron chi connectivity index (χ4n) is 1.15. The zero-order valence-electron chi connectivity index (χ0n) is 8.02. The van der Waals surface area contributed by atoms with Crippen LogP contribution in [0.25, 0.3) is 0 Å². The molecule has 1 unspecified atom stereocenters. The highest BCUT2D eigenvalue weighted by atomic mass is 35.5. The van der Waals surface area contributed by atoms with Gasteiger partial charge >= 0.3 is 0 Å². The van der Waals surface area contributed by atoms with Gasteiger partial charge in [-0.25, -0.2) is 0 Å². The molecule has 0 amide bonds. The molecule has 0 aromatic carbocycles. The molecule has 0 bridgehead atoms. The van der Waals surface area contributed by atoms with Crippen molar-refractivity contribution in [3.05, 3.63) is 0 Å². The first-order chi connectivity index (χ1) is 4.81. The summed E-state index contributed by atoms with van der Waals surface area (Å²) in [5.74, 6) is 0. The van der Waals surface area contributed by atoms with Crippen molar-refractivity contribution in [2.75, 3.05) is 6.54 Å². The van der Waals surface area contributed by atoms with Gasteiger partial charge in [-0.15, -0.1) is 12.4 Å². The molecule has 0 aliphatic rings. The molecule has 1 N–H and O–H groups in total. The molecule has 0 aromatic rings. The van der Waals surface area contributed by atoms with Crippen LogP contribution >= 0.6 is 12.4 Å². The van der Waals surface area contributed by atoms with Crippen LogP contribution in [0.5, 0.6) is 0 Å². The second-order valence-corrected chi connectivity index (χ2v) is 2.95. The Morgan fingerprint density at radius 1 is 1.18 bits per heavy atom. The van der Waals surface area contributed by atoms with Crippen molar-refractivity contribution >= 4 is 12.4 Å². The van der Waals surface area contributed by atoms with Crippen LogP contribution in [0, 0.1) is 0 Å². The highest BCUT2D eigenvalue weighted by Gasteiger charge is 1.96. The lowest BCUT2D eigenvalue weighted by Crippen LogP contribution is -2.25. The lowest BCUT2D eigenvalue weighted by atomic mass is 10.1. The van der Waals surface area contributed by atoms with Crippen LogP contribution in [0.15, 0.2) is 0 Å². The molecule has 0 saturated heterocycles. The van der Waals surface area contributed by atoms with E-state index in [0.717, 1.165) is 12.6 Å². The maximum Gasteiger partial charge on any atom is 0.00386 e. The molecule has 11 heavy (non-hydrogen) atoms. The fraction of sp³-hybridized carbons (Fsp3) is 1.00. The minimum absolute atomic E-state index is 0. The zero-order chi connectivity index (χ0) is 7.82. The number of halogens is 1. The van der Waals surface area contributed by atoms with Crippen LogP contribution in [-0.4, -0.2) is 12.6 Å². The van der Waals surface area contributed by atoms with E-state index in [1.54, 1.807) is 0 Å². The van der Waals surface area contributed by atoms with Crippen molar-refractivity contribution in [1.29, 1.82) is 0 Å². The summed E-state index contributed by atoms with van der Waals surface area (Å²) in [6, 6.07) is 0.719. The topological polar surface area (TPSA) is 12.0 Å². The maximum atomic E-state index is 3.40. The van der Waals surface area contributed by atoms with Crippen LogP contribution in [-0.2, 0) is 0 Å². The molecule has 0 spiro atoms. The first kappa shape index (κ1) is 13.8. The van der Waals surface area contributed by atoms with Gasteiger partial charge < -0.3 is 5.32 Å². The number of unbranched alkanes of at least 4 members (excludes halogenated alkanes) is 2. The Bertz CT molecular complexity index is 66.6. The van der Waals surface area contributed by atoms with Gasteiger partial charge in [-0.1, -0.05) is 33.1 Å². The van der Waals surface area contributed by atoms with Gasteiger partial charge in [0.1, 0.15) is 0 Å². The number of rotatable bonds is 6. The third kappa shape index (κ3) is 10.2. The molecule has 0 heterocycles. The summed E-state index contributed by atoms with van der Waals surface area (Å²) in [5, 5.41) is 3.40. The Kier molecular flexibility index (Phi) is 12.9. The van der Waals surface area contributed by atoms with E-state index in [0.29, 0.717) is 0 Å². The van der Waals surface area contributed by atoms with Gasteiger partial charge in [-0.3, -0.25) is 0 Å². The van der Waals surface area contributed by atoms with Crippen molar-refractivity contribution in [1.82, 2.24) is 5.32 Å². The molecule has 1 nitrogen and oxygen atoms in total. The molecule has 0 rings (SSSR count). The van der Waals surface area contributed by atoms with E-state index >= 15 is 0 Å². The molecule has 70 valence electrons. The average molecular weight is 180 g/mol. The predicted molar refractivity (Wildman–Crippen MR) is 54.5 cm³/mol. The lowest BCUT2D eigenvalue weighted by Gasteiger charge is -2.10. The van der Waals surface area contributed by atoms with Gasteiger partial charge in [0.2, 0.25) is 0 Å². The second kappa shape index (κ2) is 10.2. The summed E-state index contributed by atoms with van der Waals surface area (Å²) in [6.45, 7) is 7.78. The number of hydrogen-bond acceptors (Lipinski definition) is 1. The third-order valence-electron chi connectivity index (χ3n) is 1.79. The third-order valence-corrected chi connectivity index (χ3v) is 1.79. The highest BCUT2D eigenvalue weighted by molar-refractivity contribution is 5.85. The molecule has 0 fully saturated rings. The smallest absolute Gasteiger partial charge is 0.00386 e. The molecular formula is C9H22ClN. The van der Waals surface area contributed by atoms with Gasteiger partial charge in [-0.2, -0.15) is 0 Å². The van der Waals surface area contributed by atoms with Crippen LogP contribution in [0.3, 0.4) is 0 Å². The van der Waals surface area contributed by atoms with E-state index in [9.17, 15) is 0 Å². The normalized spacial score (nSPS) is 12.3. The monoisotopic (exact) mass is 179 g/mol. The number of hydrogen-bond donors (Lipinski definition) is 1. The van der Waals surface area contributed by atoms with Gasteiger partial charge in [0.05, 0.1) is 0 Å².